The number of benzene rings is 1. The van der Waals surface area contributed by atoms with Gasteiger partial charge in [-0.2, -0.15) is 13.2 Å². The number of hydrogen-bond acceptors (Lipinski definition) is 5. The molecule has 1 aromatic carbocycles. The molecule has 0 radical (unpaired) electrons. The van der Waals surface area contributed by atoms with E-state index in [4.69, 9.17) is 14.6 Å². The number of halogens is 3. The molecule has 4 heterocycles. The van der Waals surface area contributed by atoms with E-state index in [0.29, 0.717) is 31.7 Å². The summed E-state index contributed by atoms with van der Waals surface area (Å²) in [5, 5.41) is 10.5. The SMILES string of the molecule is CCCC(C)N1C[C@H]2C(=O)NC3(CCN(C(=O)c4ccc5c(c4)CCO5)CC3)[C@H]2C1.O=C(O)C(F)(F)F. The van der Waals surface area contributed by atoms with Crippen LogP contribution >= 0.6 is 0 Å². The van der Waals surface area contributed by atoms with E-state index in [1.54, 1.807) is 0 Å². The summed E-state index contributed by atoms with van der Waals surface area (Å²) in [7, 11) is 0. The normalized spacial score (nSPS) is 25.0. The van der Waals surface area contributed by atoms with Gasteiger partial charge >= 0.3 is 12.1 Å². The molecule has 37 heavy (non-hydrogen) atoms. The molecule has 11 heteroatoms. The molecule has 204 valence electrons. The van der Waals surface area contributed by atoms with E-state index in [1.807, 2.05) is 23.1 Å². The lowest BCUT2D eigenvalue weighted by molar-refractivity contribution is -0.192. The molecule has 1 spiro atoms. The Bertz CT molecular complexity index is 1040. The zero-order valence-electron chi connectivity index (χ0n) is 21.1. The smallest absolute Gasteiger partial charge is 0.490 e. The van der Waals surface area contributed by atoms with Crippen LogP contribution in [0.3, 0.4) is 0 Å². The number of alkyl halides is 3. The number of carbonyl (C=O) groups excluding carboxylic acids is 2. The van der Waals surface area contributed by atoms with Gasteiger partial charge in [0.2, 0.25) is 5.91 Å². The van der Waals surface area contributed by atoms with Gasteiger partial charge in [0.05, 0.1) is 12.5 Å². The van der Waals surface area contributed by atoms with Crippen LogP contribution in [0.25, 0.3) is 0 Å². The van der Waals surface area contributed by atoms with Gasteiger partial charge in [-0.1, -0.05) is 13.3 Å². The quantitative estimate of drug-likeness (QED) is 0.627. The highest BCUT2D eigenvalue weighted by atomic mass is 19.4. The van der Waals surface area contributed by atoms with Crippen molar-refractivity contribution in [1.82, 2.24) is 15.1 Å². The van der Waals surface area contributed by atoms with Gasteiger partial charge in [0, 0.05) is 55.7 Å². The van der Waals surface area contributed by atoms with Crippen LogP contribution in [0.15, 0.2) is 18.2 Å². The number of ether oxygens (including phenoxy) is 1. The van der Waals surface area contributed by atoms with Crippen LogP contribution in [0.4, 0.5) is 13.2 Å². The van der Waals surface area contributed by atoms with Crippen LogP contribution in [0, 0.1) is 11.8 Å². The number of piperidine rings is 1. The first-order valence-electron chi connectivity index (χ1n) is 12.9. The molecule has 0 aromatic heterocycles. The fraction of sp³-hybridized carbons (Fsp3) is 0.654. The first kappa shape index (κ1) is 27.2. The molecular formula is C26H34F3N3O5. The number of amides is 2. The van der Waals surface area contributed by atoms with Crippen LogP contribution in [0.5, 0.6) is 5.75 Å². The third-order valence-electron chi connectivity index (χ3n) is 8.22. The van der Waals surface area contributed by atoms with Gasteiger partial charge in [-0.25, -0.2) is 4.79 Å². The summed E-state index contributed by atoms with van der Waals surface area (Å²) in [5.74, 6) is -1.03. The van der Waals surface area contributed by atoms with Crippen molar-refractivity contribution in [1.29, 1.82) is 0 Å². The highest BCUT2D eigenvalue weighted by Crippen LogP contribution is 2.44. The van der Waals surface area contributed by atoms with Crippen LogP contribution in [0.2, 0.25) is 0 Å². The lowest BCUT2D eigenvalue weighted by atomic mass is 9.75. The molecule has 0 aliphatic carbocycles. The Hall–Kier alpha value is -2.82. The van der Waals surface area contributed by atoms with E-state index in [1.165, 1.54) is 12.8 Å². The molecule has 5 rings (SSSR count). The Balaban J connectivity index is 0.000000405. The summed E-state index contributed by atoms with van der Waals surface area (Å²) in [5.41, 5.74) is 1.75. The van der Waals surface area contributed by atoms with Gasteiger partial charge in [0.1, 0.15) is 5.75 Å². The maximum atomic E-state index is 13.1. The number of carboxylic acid groups (broad SMARTS) is 1. The van der Waals surface area contributed by atoms with E-state index in [-0.39, 0.29) is 23.3 Å². The summed E-state index contributed by atoms with van der Waals surface area (Å²) >= 11 is 0. The number of rotatable bonds is 4. The van der Waals surface area contributed by atoms with E-state index in [0.717, 1.165) is 49.2 Å². The first-order valence-corrected chi connectivity index (χ1v) is 12.9. The van der Waals surface area contributed by atoms with Crippen molar-refractivity contribution >= 4 is 17.8 Å². The van der Waals surface area contributed by atoms with Gasteiger partial charge < -0.3 is 20.1 Å². The number of carbonyl (C=O) groups is 3. The minimum atomic E-state index is -5.08. The maximum absolute atomic E-state index is 13.1. The fourth-order valence-electron chi connectivity index (χ4n) is 6.16. The Kier molecular flexibility index (Phi) is 7.73. The number of aliphatic carboxylic acids is 1. The molecule has 1 aromatic rings. The Labute approximate surface area is 214 Å². The van der Waals surface area contributed by atoms with Crippen LogP contribution < -0.4 is 10.1 Å². The van der Waals surface area contributed by atoms with Gasteiger partial charge in [-0.3, -0.25) is 14.5 Å². The Morgan fingerprint density at radius 2 is 1.92 bits per heavy atom. The van der Waals surface area contributed by atoms with Crippen LogP contribution in [0.1, 0.15) is 55.5 Å². The maximum Gasteiger partial charge on any atom is 0.490 e. The highest BCUT2D eigenvalue weighted by molar-refractivity contribution is 5.95. The fourth-order valence-corrected chi connectivity index (χ4v) is 6.16. The summed E-state index contributed by atoms with van der Waals surface area (Å²) < 4.78 is 37.3. The summed E-state index contributed by atoms with van der Waals surface area (Å²) in [6.07, 6.45) is -0.134. The van der Waals surface area contributed by atoms with Crippen LogP contribution in [-0.2, 0) is 16.0 Å². The third-order valence-corrected chi connectivity index (χ3v) is 8.22. The molecule has 3 fully saturated rings. The van der Waals surface area contributed by atoms with Gasteiger partial charge in [-0.05, 0) is 49.9 Å². The number of fused-ring (bicyclic) bond motifs is 3. The van der Waals surface area contributed by atoms with Gasteiger partial charge in [-0.15, -0.1) is 0 Å². The molecular weight excluding hydrogens is 491 g/mol. The molecule has 0 bridgehead atoms. The lowest BCUT2D eigenvalue weighted by Crippen LogP contribution is -2.56. The largest absolute Gasteiger partial charge is 0.493 e. The number of likely N-dealkylation sites (tertiary alicyclic amines) is 2. The number of carboxylic acids is 1. The second kappa shape index (κ2) is 10.5. The molecule has 4 aliphatic heterocycles. The van der Waals surface area contributed by atoms with Gasteiger partial charge in [0.15, 0.2) is 0 Å². The van der Waals surface area contributed by atoms with Crippen molar-refractivity contribution in [2.24, 2.45) is 11.8 Å². The van der Waals surface area contributed by atoms with Crippen molar-refractivity contribution in [3.63, 3.8) is 0 Å². The molecule has 2 amide bonds. The Morgan fingerprint density at radius 3 is 2.54 bits per heavy atom. The average molecular weight is 526 g/mol. The molecule has 4 aliphatic rings. The summed E-state index contributed by atoms with van der Waals surface area (Å²) in [6.45, 7) is 8.53. The van der Waals surface area contributed by atoms with Crippen molar-refractivity contribution < 1.29 is 37.4 Å². The first-order chi connectivity index (χ1) is 17.4. The summed E-state index contributed by atoms with van der Waals surface area (Å²) in [6, 6.07) is 6.34. The van der Waals surface area contributed by atoms with E-state index in [9.17, 15) is 22.8 Å². The standard InChI is InChI=1S/C24H33N3O3.C2HF3O2/c1-3-4-16(2)27-14-19-20(15-27)24(25-22(19)28)8-10-26(11-9-24)23(29)18-5-6-21-17(13-18)7-12-30-21;3-2(4,5)1(6)7/h5-6,13,16,19-20H,3-4,7-12,14-15H2,1-2H3,(H,25,28);(H,6,7)/t16?,19-,20+;/m1./s1. The predicted octanol–water partition coefficient (Wildman–Crippen LogP) is 3.10. The second-order valence-corrected chi connectivity index (χ2v) is 10.5. The van der Waals surface area contributed by atoms with E-state index in [2.05, 4.69) is 24.1 Å². The molecule has 0 saturated carbocycles. The average Bonchev–Trinajstić information content (AvgIpc) is 3.56. The number of nitrogens with one attached hydrogen (secondary N) is 1. The van der Waals surface area contributed by atoms with Crippen molar-refractivity contribution in [2.75, 3.05) is 32.8 Å². The van der Waals surface area contributed by atoms with Crippen molar-refractivity contribution in [3.05, 3.63) is 29.3 Å². The monoisotopic (exact) mass is 525 g/mol. The number of nitrogens with zero attached hydrogens (tertiary/aromatic N) is 2. The third kappa shape index (κ3) is 5.56. The van der Waals surface area contributed by atoms with Gasteiger partial charge in [0.25, 0.3) is 5.91 Å². The minimum Gasteiger partial charge on any atom is -0.493 e. The summed E-state index contributed by atoms with van der Waals surface area (Å²) in [4.78, 5) is 39.2. The minimum absolute atomic E-state index is 0.102. The molecule has 1 unspecified atom stereocenters. The Morgan fingerprint density at radius 1 is 1.24 bits per heavy atom. The van der Waals surface area contributed by atoms with Crippen LogP contribution in [-0.4, -0.2) is 83.2 Å². The topological polar surface area (TPSA) is 99.2 Å². The molecule has 2 N–H and O–H groups in total. The predicted molar refractivity (Wildman–Crippen MR) is 128 cm³/mol. The highest BCUT2D eigenvalue weighted by Gasteiger charge is 2.57. The van der Waals surface area contributed by atoms with E-state index >= 15 is 0 Å². The van der Waals surface area contributed by atoms with Crippen molar-refractivity contribution in [3.8, 4) is 5.75 Å². The molecule has 3 atom stereocenters. The van der Waals surface area contributed by atoms with Crippen molar-refractivity contribution in [2.45, 2.75) is 63.7 Å². The lowest BCUT2D eigenvalue weighted by Gasteiger charge is -2.43. The second-order valence-electron chi connectivity index (χ2n) is 10.5. The zero-order valence-corrected chi connectivity index (χ0v) is 21.1. The molecule has 8 nitrogen and oxygen atoms in total. The molecule has 3 saturated heterocycles. The number of hydrogen-bond donors (Lipinski definition) is 2. The zero-order chi connectivity index (χ0) is 27.0. The van der Waals surface area contributed by atoms with E-state index < -0.39 is 12.1 Å².